The summed E-state index contributed by atoms with van der Waals surface area (Å²) in [6.45, 7) is 5.07. The molecule has 0 unspecified atom stereocenters. The van der Waals surface area contributed by atoms with Crippen LogP contribution >= 0.6 is 0 Å². The summed E-state index contributed by atoms with van der Waals surface area (Å²) in [5.74, 6) is -5.95. The van der Waals surface area contributed by atoms with Gasteiger partial charge in [-0.2, -0.15) is 0 Å². The predicted molar refractivity (Wildman–Crippen MR) is 261 cm³/mol. The predicted octanol–water partition coefficient (Wildman–Crippen LogP) is 0.819. The minimum Gasteiger partial charge on any atom is -0.462 e. The van der Waals surface area contributed by atoms with Gasteiger partial charge in [0, 0.05) is 62.8 Å². The molecule has 3 rings (SSSR count). The lowest BCUT2D eigenvalue weighted by atomic mass is 9.82. The number of sulfone groups is 1. The zero-order valence-corrected chi connectivity index (χ0v) is 41.6. The Morgan fingerprint density at radius 3 is 1.96 bits per heavy atom. The number of amides is 1. The van der Waals surface area contributed by atoms with E-state index in [4.69, 9.17) is 24.7 Å². The molecule has 398 valence electrons. The van der Waals surface area contributed by atoms with Gasteiger partial charge in [0.25, 0.3) is 0 Å². The van der Waals surface area contributed by atoms with Crippen molar-refractivity contribution in [2.75, 3.05) is 25.2 Å². The Labute approximate surface area is 412 Å². The monoisotopic (exact) mass is 1010 g/mol. The lowest BCUT2D eigenvalue weighted by Crippen LogP contribution is -2.58. The maximum Gasteiger partial charge on any atom is 0.308 e. The van der Waals surface area contributed by atoms with Crippen LogP contribution in [0.5, 0.6) is 0 Å². The van der Waals surface area contributed by atoms with E-state index in [9.17, 15) is 64.0 Å². The van der Waals surface area contributed by atoms with Gasteiger partial charge >= 0.3 is 5.97 Å². The molecule has 17 atom stereocenters. The highest BCUT2D eigenvalue weighted by Gasteiger charge is 2.50. The molecule has 19 nitrogen and oxygen atoms in total. The van der Waals surface area contributed by atoms with E-state index in [1.54, 1.807) is 56.4 Å². The van der Waals surface area contributed by atoms with Crippen molar-refractivity contribution in [3.8, 4) is 0 Å². The Bertz CT molecular complexity index is 1910. The molecule has 70 heavy (non-hydrogen) atoms. The number of cyclic esters (lactones) is 1. The van der Waals surface area contributed by atoms with Gasteiger partial charge in [0.1, 0.15) is 15.9 Å². The van der Waals surface area contributed by atoms with Crippen molar-refractivity contribution < 1.29 is 82.9 Å². The number of carbonyl (C=O) groups excluding carboxylic acids is 2. The van der Waals surface area contributed by atoms with Gasteiger partial charge in [0.05, 0.1) is 85.7 Å². The fourth-order valence-corrected chi connectivity index (χ4v) is 9.03. The Morgan fingerprint density at radius 2 is 1.36 bits per heavy atom. The summed E-state index contributed by atoms with van der Waals surface area (Å²) in [6, 6.07) is -0.668. The van der Waals surface area contributed by atoms with Crippen LogP contribution < -0.4 is 11.1 Å². The Hall–Kier alpha value is -3.45. The van der Waals surface area contributed by atoms with Crippen LogP contribution in [0.25, 0.3) is 0 Å². The highest BCUT2D eigenvalue weighted by atomic mass is 32.2. The molecule has 12 N–H and O–H groups in total. The molecule has 3 heterocycles. The molecule has 3 aliphatic heterocycles. The first-order valence-corrected chi connectivity index (χ1v) is 26.2. The van der Waals surface area contributed by atoms with Crippen LogP contribution in [0.1, 0.15) is 85.0 Å². The smallest absolute Gasteiger partial charge is 0.308 e. The fraction of sp³-hybridized carbons (Fsp3) is 0.680. The number of aliphatic hydroxyl groups excluding tert-OH is 8. The maximum absolute atomic E-state index is 13.7. The van der Waals surface area contributed by atoms with Gasteiger partial charge in [0.2, 0.25) is 5.91 Å². The van der Waals surface area contributed by atoms with Crippen molar-refractivity contribution in [1.82, 2.24) is 5.32 Å². The number of nitrogens with two attached hydrogens (primary N) is 1. The third kappa shape index (κ3) is 23.0. The molecule has 20 heteroatoms. The second-order valence-corrected chi connectivity index (χ2v) is 21.2. The molecule has 2 fully saturated rings. The van der Waals surface area contributed by atoms with E-state index in [1.807, 2.05) is 49.5 Å². The summed E-state index contributed by atoms with van der Waals surface area (Å²) >= 11 is 0. The number of ether oxygens (including phenoxy) is 4. The lowest BCUT2D eigenvalue weighted by molar-refractivity contribution is -0.301. The van der Waals surface area contributed by atoms with E-state index in [0.29, 0.717) is 0 Å². The number of allylic oxidation sites excluding steroid dienone is 12. The first-order chi connectivity index (χ1) is 33.0. The van der Waals surface area contributed by atoms with E-state index >= 15 is 0 Å². The molecule has 0 radical (unpaired) electrons. The summed E-state index contributed by atoms with van der Waals surface area (Å²) < 4.78 is 47.1. The number of hydrogen-bond acceptors (Lipinski definition) is 18. The molecule has 2 bridgehead atoms. The van der Waals surface area contributed by atoms with Gasteiger partial charge in [0.15, 0.2) is 12.1 Å². The number of nitrogens with one attached hydrogen (secondary N) is 1. The van der Waals surface area contributed by atoms with Gasteiger partial charge in [-0.3, -0.25) is 9.59 Å². The van der Waals surface area contributed by atoms with E-state index in [-0.39, 0.29) is 63.3 Å². The van der Waals surface area contributed by atoms with Crippen molar-refractivity contribution in [1.29, 1.82) is 0 Å². The van der Waals surface area contributed by atoms with Crippen LogP contribution in [-0.2, 0) is 38.4 Å². The van der Waals surface area contributed by atoms with Crippen molar-refractivity contribution in [3.05, 3.63) is 85.1 Å². The van der Waals surface area contributed by atoms with Gasteiger partial charge in [-0.15, -0.1) is 0 Å². The number of carbonyl (C=O) groups is 2. The third-order valence-corrected chi connectivity index (χ3v) is 13.6. The number of hydrogen-bond donors (Lipinski definition) is 11. The van der Waals surface area contributed by atoms with Gasteiger partial charge in [-0.05, 0) is 32.6 Å². The summed E-state index contributed by atoms with van der Waals surface area (Å²) in [5, 5.41) is 101. The molecule has 0 aromatic carbocycles. The second-order valence-electron chi connectivity index (χ2n) is 19.0. The molecule has 0 aliphatic carbocycles. The topological polar surface area (TPSA) is 325 Å². The molecule has 3 aliphatic rings. The molecule has 0 aromatic rings. The van der Waals surface area contributed by atoms with E-state index in [0.717, 1.165) is 6.26 Å². The average molecular weight is 1010 g/mol. The van der Waals surface area contributed by atoms with Crippen LogP contribution in [0.2, 0.25) is 0 Å². The SMILES string of the molecule is C[C@@H]1[C@H](O)[C@@H](C)/C=C/C=C/C=C/C=C/C=C/C=C/C=C/[C@H](O[C@H]2C[C@@H](N)[C@H](O)CO2)C[C@@H]2O[C@](O)(C[C@@H](O)C[C@@H](O)[C@H](O)CC[C@@H](O)C[C@@H](O)CC(=O)O[C@H]1C)C[C@H](O)[C@H]2C(=O)NCCCS(C)(=O)=O. The van der Waals surface area contributed by atoms with Crippen LogP contribution in [-0.4, -0.2) is 177 Å². The van der Waals surface area contributed by atoms with Gasteiger partial charge in [-0.25, -0.2) is 8.42 Å². The number of aliphatic hydroxyl groups is 9. The minimum atomic E-state index is -3.33. The number of fused-ring (bicyclic) bond motifs is 2. The van der Waals surface area contributed by atoms with Crippen LogP contribution in [0.4, 0.5) is 0 Å². The molecule has 1 amide bonds. The fourth-order valence-electron chi connectivity index (χ4n) is 8.37. The summed E-state index contributed by atoms with van der Waals surface area (Å²) in [6.07, 6.45) is 9.19. The minimum absolute atomic E-state index is 0.0454. The lowest BCUT2D eigenvalue weighted by Gasteiger charge is -2.45. The van der Waals surface area contributed by atoms with Crippen molar-refractivity contribution in [2.45, 2.75) is 170 Å². The highest BCUT2D eigenvalue weighted by Crippen LogP contribution is 2.38. The summed E-state index contributed by atoms with van der Waals surface area (Å²) in [5.41, 5.74) is 6.10. The standard InChI is InChI=1S/C50H80N2O17S/c1-32-18-15-13-11-9-7-5-6-8-10-12-14-16-19-38(68-46-28-39(51)43(59)31-66-46)27-44-47(49(62)52-22-17-23-70(4,64)65)42(58)30-50(63,69-44)29-37(55)25-41(57)40(56)21-20-35(53)24-36(54)26-45(60)67-34(3)33(2)48(32)61/h5-16,18-19,32-44,46-48,53-59,61,63H,17,20-31,51H2,1-4H3,(H,52,62)/b6-5+,9-7+,10-8+,13-11+,14-12+,18-15+,19-16+/t32-,33-,34-,35+,36+,37-,38-,39+,40+,41+,42-,43+,44-,46-,47+,48+,50+/m0/s1. The van der Waals surface area contributed by atoms with Crippen molar-refractivity contribution in [2.24, 2.45) is 23.5 Å². The molecule has 0 spiro atoms. The summed E-state index contributed by atoms with van der Waals surface area (Å²) in [4.78, 5) is 26.4. The molecular weight excluding hydrogens is 933 g/mol. The van der Waals surface area contributed by atoms with Crippen molar-refractivity contribution in [3.63, 3.8) is 0 Å². The van der Waals surface area contributed by atoms with E-state index in [1.165, 1.54) is 0 Å². The highest BCUT2D eigenvalue weighted by molar-refractivity contribution is 7.90. The number of rotatable bonds is 7. The molecular formula is C50H80N2O17S. The van der Waals surface area contributed by atoms with E-state index < -0.39 is 144 Å². The molecule has 2 saturated heterocycles. The van der Waals surface area contributed by atoms with Crippen LogP contribution in [0.3, 0.4) is 0 Å². The average Bonchev–Trinajstić information content (AvgIpc) is 3.26. The first kappa shape index (κ1) is 60.9. The van der Waals surface area contributed by atoms with E-state index in [2.05, 4.69) is 5.32 Å². The van der Waals surface area contributed by atoms with Crippen molar-refractivity contribution >= 4 is 21.7 Å². The Morgan fingerprint density at radius 1 is 0.757 bits per heavy atom. The zero-order valence-electron chi connectivity index (χ0n) is 40.8. The largest absolute Gasteiger partial charge is 0.462 e. The second kappa shape index (κ2) is 30.6. The Balaban J connectivity index is 1.90. The third-order valence-electron chi connectivity index (χ3n) is 12.6. The maximum atomic E-state index is 13.7. The van der Waals surface area contributed by atoms with Crippen LogP contribution in [0, 0.1) is 17.8 Å². The molecule has 0 aromatic heterocycles. The number of esters is 1. The zero-order chi connectivity index (χ0) is 52.0. The van der Waals surface area contributed by atoms with Gasteiger partial charge in [-0.1, -0.05) is 98.9 Å². The van der Waals surface area contributed by atoms with Gasteiger partial charge < -0.3 is 76.0 Å². The quantitative estimate of drug-likeness (QED) is 0.124. The normalized spacial score (nSPS) is 41.1. The summed E-state index contributed by atoms with van der Waals surface area (Å²) in [7, 11) is -3.33. The molecule has 0 saturated carbocycles. The Kier molecular flexibility index (Phi) is 26.6. The first-order valence-electron chi connectivity index (χ1n) is 24.2. The van der Waals surface area contributed by atoms with Crippen LogP contribution in [0.15, 0.2) is 85.1 Å².